The molecule has 1 N–H and O–H groups in total. The first-order valence-corrected chi connectivity index (χ1v) is 10.8. The van der Waals surface area contributed by atoms with Crippen molar-refractivity contribution < 1.29 is 14.3 Å². The third-order valence-electron chi connectivity index (χ3n) is 5.69. The van der Waals surface area contributed by atoms with Crippen LogP contribution in [0.2, 0.25) is 0 Å². The van der Waals surface area contributed by atoms with Crippen LogP contribution in [0, 0.1) is 13.8 Å². The second-order valence-electron chi connectivity index (χ2n) is 8.28. The predicted molar refractivity (Wildman–Crippen MR) is 118 cm³/mol. The highest BCUT2D eigenvalue weighted by atomic mass is 16.5. The normalized spacial score (nSPS) is 14.9. The number of carbonyl (C=O) groups is 2. The summed E-state index contributed by atoms with van der Waals surface area (Å²) in [6, 6.07) is 15.3. The molecule has 30 heavy (non-hydrogen) atoms. The standard InChI is InChI=1S/C25H32N2O3/c1-18-11-13-23(14-12-18)30-17-24(28)27(16-21-8-6-7-19(2)15-21)20(3)25(29)26-22-9-4-5-10-22/h6-8,11-15,20,22H,4-5,9-10,16-17H2,1-3H3,(H,26,29)/t20-/m0/s1. The molecule has 0 aliphatic heterocycles. The summed E-state index contributed by atoms with van der Waals surface area (Å²) in [5.74, 6) is 0.344. The van der Waals surface area contributed by atoms with Crippen LogP contribution in [0.15, 0.2) is 48.5 Å². The Bertz CT molecular complexity index is 857. The highest BCUT2D eigenvalue weighted by Crippen LogP contribution is 2.19. The molecule has 2 aromatic rings. The molecule has 2 amide bonds. The SMILES string of the molecule is Cc1ccc(OCC(=O)N(Cc2cccc(C)c2)[C@@H](C)C(=O)NC2CCCC2)cc1. The molecule has 1 atom stereocenters. The summed E-state index contributed by atoms with van der Waals surface area (Å²) in [6.07, 6.45) is 4.33. The number of rotatable bonds is 8. The first-order valence-electron chi connectivity index (χ1n) is 10.8. The van der Waals surface area contributed by atoms with Crippen molar-refractivity contribution in [1.82, 2.24) is 10.2 Å². The monoisotopic (exact) mass is 408 g/mol. The largest absolute Gasteiger partial charge is 0.484 e. The van der Waals surface area contributed by atoms with E-state index in [1.807, 2.05) is 62.4 Å². The van der Waals surface area contributed by atoms with Gasteiger partial charge in [0.05, 0.1) is 0 Å². The summed E-state index contributed by atoms with van der Waals surface area (Å²) in [7, 11) is 0. The van der Waals surface area contributed by atoms with Crippen molar-refractivity contribution in [3.63, 3.8) is 0 Å². The lowest BCUT2D eigenvalue weighted by molar-refractivity contribution is -0.142. The van der Waals surface area contributed by atoms with Crippen molar-refractivity contribution in [2.24, 2.45) is 0 Å². The van der Waals surface area contributed by atoms with Crippen molar-refractivity contribution in [3.8, 4) is 5.75 Å². The molecule has 0 bridgehead atoms. The Morgan fingerprint density at radius 3 is 2.43 bits per heavy atom. The number of benzene rings is 2. The Morgan fingerprint density at radius 1 is 1.07 bits per heavy atom. The molecule has 160 valence electrons. The van der Waals surface area contributed by atoms with Gasteiger partial charge in [-0.2, -0.15) is 0 Å². The molecule has 1 aliphatic carbocycles. The van der Waals surface area contributed by atoms with Gasteiger partial charge in [0.25, 0.3) is 5.91 Å². The highest BCUT2D eigenvalue weighted by Gasteiger charge is 2.28. The molecule has 5 nitrogen and oxygen atoms in total. The number of ether oxygens (including phenoxy) is 1. The Balaban J connectivity index is 1.70. The van der Waals surface area contributed by atoms with Crippen molar-refractivity contribution in [2.45, 2.75) is 65.1 Å². The van der Waals surface area contributed by atoms with Gasteiger partial charge in [-0.05, 0) is 51.3 Å². The molecular weight excluding hydrogens is 376 g/mol. The average Bonchev–Trinajstić information content (AvgIpc) is 3.24. The average molecular weight is 409 g/mol. The minimum absolute atomic E-state index is 0.0989. The molecular formula is C25H32N2O3. The molecule has 0 saturated heterocycles. The van der Waals surface area contributed by atoms with Gasteiger partial charge in [0.2, 0.25) is 5.91 Å². The van der Waals surface area contributed by atoms with Gasteiger partial charge < -0.3 is 15.0 Å². The van der Waals surface area contributed by atoms with Crippen LogP contribution in [0.25, 0.3) is 0 Å². The number of carbonyl (C=O) groups excluding carboxylic acids is 2. The summed E-state index contributed by atoms with van der Waals surface area (Å²) in [4.78, 5) is 27.6. The molecule has 1 saturated carbocycles. The van der Waals surface area contributed by atoms with Crippen LogP contribution in [0.4, 0.5) is 0 Å². The summed E-state index contributed by atoms with van der Waals surface area (Å²) in [5, 5.41) is 3.12. The van der Waals surface area contributed by atoms with Crippen LogP contribution in [-0.4, -0.2) is 35.4 Å². The highest BCUT2D eigenvalue weighted by molar-refractivity contribution is 5.88. The maximum Gasteiger partial charge on any atom is 0.261 e. The van der Waals surface area contributed by atoms with E-state index in [1.165, 1.54) is 0 Å². The fraction of sp³-hybridized carbons (Fsp3) is 0.440. The van der Waals surface area contributed by atoms with E-state index >= 15 is 0 Å². The van der Waals surface area contributed by atoms with E-state index in [-0.39, 0.29) is 24.5 Å². The molecule has 5 heteroatoms. The van der Waals surface area contributed by atoms with Gasteiger partial charge in [0.15, 0.2) is 6.61 Å². The van der Waals surface area contributed by atoms with Gasteiger partial charge in [-0.25, -0.2) is 0 Å². The van der Waals surface area contributed by atoms with Gasteiger partial charge >= 0.3 is 0 Å². The lowest BCUT2D eigenvalue weighted by Gasteiger charge is -2.29. The second-order valence-corrected chi connectivity index (χ2v) is 8.28. The number of aryl methyl sites for hydroxylation is 2. The van der Waals surface area contributed by atoms with Crippen molar-refractivity contribution in [3.05, 3.63) is 65.2 Å². The van der Waals surface area contributed by atoms with Crippen molar-refractivity contribution in [1.29, 1.82) is 0 Å². The van der Waals surface area contributed by atoms with Crippen molar-refractivity contribution >= 4 is 11.8 Å². The van der Waals surface area contributed by atoms with Crippen LogP contribution >= 0.6 is 0 Å². The smallest absolute Gasteiger partial charge is 0.261 e. The summed E-state index contributed by atoms with van der Waals surface area (Å²) < 4.78 is 5.71. The number of hydrogen-bond donors (Lipinski definition) is 1. The van der Waals surface area contributed by atoms with Crippen LogP contribution in [0.5, 0.6) is 5.75 Å². The van der Waals surface area contributed by atoms with E-state index in [9.17, 15) is 9.59 Å². The third-order valence-corrected chi connectivity index (χ3v) is 5.69. The van der Waals surface area contributed by atoms with E-state index in [2.05, 4.69) is 5.32 Å². The summed E-state index contributed by atoms with van der Waals surface area (Å²) in [6.45, 7) is 6.09. The quantitative estimate of drug-likeness (QED) is 0.714. The number of nitrogens with one attached hydrogen (secondary N) is 1. The van der Waals surface area contributed by atoms with Crippen molar-refractivity contribution in [2.75, 3.05) is 6.61 Å². The lowest BCUT2D eigenvalue weighted by atomic mass is 10.1. The number of nitrogens with zero attached hydrogens (tertiary/aromatic N) is 1. The summed E-state index contributed by atoms with van der Waals surface area (Å²) >= 11 is 0. The Hall–Kier alpha value is -2.82. The van der Waals surface area contributed by atoms with E-state index < -0.39 is 6.04 Å². The lowest BCUT2D eigenvalue weighted by Crippen LogP contribution is -2.50. The zero-order valence-corrected chi connectivity index (χ0v) is 18.2. The molecule has 0 radical (unpaired) electrons. The molecule has 2 aromatic carbocycles. The Labute approximate surface area is 179 Å². The second kappa shape index (κ2) is 10.3. The zero-order chi connectivity index (χ0) is 21.5. The minimum atomic E-state index is -0.569. The zero-order valence-electron chi connectivity index (χ0n) is 18.2. The first kappa shape index (κ1) is 21.9. The molecule has 1 aliphatic rings. The fourth-order valence-corrected chi connectivity index (χ4v) is 3.84. The minimum Gasteiger partial charge on any atom is -0.484 e. The van der Waals surface area contributed by atoms with E-state index in [0.717, 1.165) is 42.4 Å². The number of hydrogen-bond acceptors (Lipinski definition) is 3. The molecule has 0 unspecified atom stereocenters. The van der Waals surface area contributed by atoms with Gasteiger partial charge in [-0.15, -0.1) is 0 Å². The molecule has 1 fully saturated rings. The van der Waals surface area contributed by atoms with E-state index in [4.69, 9.17) is 4.74 Å². The topological polar surface area (TPSA) is 58.6 Å². The van der Waals surface area contributed by atoms with Gasteiger partial charge in [0, 0.05) is 12.6 Å². The first-order chi connectivity index (χ1) is 14.4. The third kappa shape index (κ3) is 6.09. The van der Waals surface area contributed by atoms with Crippen LogP contribution in [-0.2, 0) is 16.1 Å². The van der Waals surface area contributed by atoms with Gasteiger partial charge in [-0.3, -0.25) is 9.59 Å². The van der Waals surface area contributed by atoms with Gasteiger partial charge in [0.1, 0.15) is 11.8 Å². The van der Waals surface area contributed by atoms with Crippen LogP contribution in [0.1, 0.15) is 49.3 Å². The Morgan fingerprint density at radius 2 is 1.77 bits per heavy atom. The van der Waals surface area contributed by atoms with E-state index in [0.29, 0.717) is 12.3 Å². The molecule has 0 heterocycles. The fourth-order valence-electron chi connectivity index (χ4n) is 3.84. The Kier molecular flexibility index (Phi) is 7.50. The maximum absolute atomic E-state index is 13.1. The van der Waals surface area contributed by atoms with Crippen LogP contribution < -0.4 is 10.1 Å². The number of amides is 2. The van der Waals surface area contributed by atoms with E-state index in [1.54, 1.807) is 11.8 Å². The maximum atomic E-state index is 13.1. The van der Waals surface area contributed by atoms with Gasteiger partial charge in [-0.1, -0.05) is 60.4 Å². The molecule has 0 spiro atoms. The molecule has 0 aromatic heterocycles. The molecule has 3 rings (SSSR count). The van der Waals surface area contributed by atoms with Crippen LogP contribution in [0.3, 0.4) is 0 Å². The summed E-state index contributed by atoms with van der Waals surface area (Å²) in [5.41, 5.74) is 3.25. The predicted octanol–water partition coefficient (Wildman–Crippen LogP) is 4.16.